The van der Waals surface area contributed by atoms with Crippen LogP contribution in [0.5, 0.6) is 0 Å². The van der Waals surface area contributed by atoms with Crippen molar-refractivity contribution in [3.05, 3.63) is 18.5 Å². The largest absolute Gasteiger partial charge is 0.352 e. The van der Waals surface area contributed by atoms with Crippen LogP contribution in [-0.4, -0.2) is 53.8 Å². The van der Waals surface area contributed by atoms with Gasteiger partial charge in [-0.15, -0.1) is 0 Å². The highest BCUT2D eigenvalue weighted by Gasteiger charge is 2.30. The molecule has 1 aliphatic heterocycles. The van der Waals surface area contributed by atoms with Gasteiger partial charge in [-0.25, -0.2) is 12.7 Å². The Kier molecular flexibility index (Phi) is 5.00. The lowest BCUT2D eigenvalue weighted by atomic mass is 9.98. The molecule has 2 atom stereocenters. The molecule has 1 N–H and O–H groups in total. The number of amides is 1. The van der Waals surface area contributed by atoms with Gasteiger partial charge in [0.05, 0.1) is 18.7 Å². The van der Waals surface area contributed by atoms with E-state index in [0.717, 1.165) is 12.8 Å². The fraction of sp³-hybridized carbons (Fsp3) is 0.692. The van der Waals surface area contributed by atoms with Crippen LogP contribution in [0.1, 0.15) is 19.8 Å². The topological polar surface area (TPSA) is 84.3 Å². The van der Waals surface area contributed by atoms with Gasteiger partial charge in [0.15, 0.2) is 0 Å². The zero-order chi connectivity index (χ0) is 15.5. The average molecular weight is 314 g/mol. The van der Waals surface area contributed by atoms with E-state index in [4.69, 9.17) is 0 Å². The van der Waals surface area contributed by atoms with Gasteiger partial charge in [0.2, 0.25) is 15.9 Å². The maximum absolute atomic E-state index is 12.2. The number of carbonyl (C=O) groups is 1. The summed E-state index contributed by atoms with van der Waals surface area (Å²) in [4.78, 5) is 12.2. The molecule has 118 valence electrons. The van der Waals surface area contributed by atoms with Crippen molar-refractivity contribution in [3.63, 3.8) is 0 Å². The van der Waals surface area contributed by atoms with E-state index < -0.39 is 10.0 Å². The summed E-state index contributed by atoms with van der Waals surface area (Å²) in [5.74, 6) is -0.350. The van der Waals surface area contributed by atoms with Gasteiger partial charge in [-0.2, -0.15) is 5.10 Å². The molecule has 0 bridgehead atoms. The molecule has 2 rings (SSSR count). The maximum Gasteiger partial charge on any atom is 0.224 e. The van der Waals surface area contributed by atoms with Crippen LogP contribution >= 0.6 is 0 Å². The Hall–Kier alpha value is -1.41. The van der Waals surface area contributed by atoms with Crippen LogP contribution in [0.2, 0.25) is 0 Å². The van der Waals surface area contributed by atoms with Crippen LogP contribution < -0.4 is 5.32 Å². The summed E-state index contributed by atoms with van der Waals surface area (Å²) < 4.78 is 26.3. The minimum atomic E-state index is -3.22. The molecule has 0 spiro atoms. The summed E-state index contributed by atoms with van der Waals surface area (Å²) in [6.07, 6.45) is 6.17. The van der Waals surface area contributed by atoms with Crippen molar-refractivity contribution in [2.75, 3.05) is 19.3 Å². The molecule has 21 heavy (non-hydrogen) atoms. The molecular formula is C13H22N4O3S. The zero-order valence-electron chi connectivity index (χ0n) is 12.4. The number of aromatic nitrogens is 2. The Morgan fingerprint density at radius 3 is 2.90 bits per heavy atom. The first-order valence-electron chi connectivity index (χ1n) is 7.09. The number of carbonyl (C=O) groups excluding carboxylic acids is 1. The first-order chi connectivity index (χ1) is 9.86. The smallest absolute Gasteiger partial charge is 0.224 e. The molecular weight excluding hydrogens is 292 g/mol. The summed E-state index contributed by atoms with van der Waals surface area (Å²) in [6, 6.07) is 1.78. The third kappa shape index (κ3) is 4.53. The predicted octanol–water partition coefficient (Wildman–Crippen LogP) is 0.0594. The van der Waals surface area contributed by atoms with E-state index in [1.807, 2.05) is 19.2 Å². The molecule has 8 heteroatoms. The molecule has 0 radical (unpaired) electrons. The lowest BCUT2D eigenvalue weighted by molar-refractivity contribution is -0.126. The molecule has 1 aliphatic rings. The van der Waals surface area contributed by atoms with Crippen LogP contribution in [0.4, 0.5) is 0 Å². The van der Waals surface area contributed by atoms with Gasteiger partial charge in [-0.05, 0) is 25.8 Å². The Morgan fingerprint density at radius 2 is 2.29 bits per heavy atom. The Labute approximate surface area is 125 Å². The number of sulfonamides is 1. The van der Waals surface area contributed by atoms with Crippen LogP contribution in [0.25, 0.3) is 0 Å². The molecule has 0 unspecified atom stereocenters. The number of hydrogen-bond donors (Lipinski definition) is 1. The van der Waals surface area contributed by atoms with Crippen molar-refractivity contribution in [2.45, 2.75) is 32.4 Å². The van der Waals surface area contributed by atoms with E-state index in [2.05, 4.69) is 10.4 Å². The zero-order valence-corrected chi connectivity index (χ0v) is 13.2. The maximum atomic E-state index is 12.2. The lowest BCUT2D eigenvalue weighted by Crippen LogP contribution is -2.47. The van der Waals surface area contributed by atoms with Crippen molar-refractivity contribution < 1.29 is 13.2 Å². The number of piperidine rings is 1. The predicted molar refractivity (Wildman–Crippen MR) is 79.0 cm³/mol. The van der Waals surface area contributed by atoms with Crippen molar-refractivity contribution >= 4 is 15.9 Å². The molecule has 0 saturated carbocycles. The highest BCUT2D eigenvalue weighted by Crippen LogP contribution is 2.18. The van der Waals surface area contributed by atoms with Gasteiger partial charge >= 0.3 is 0 Å². The Morgan fingerprint density at radius 1 is 1.52 bits per heavy atom. The minimum absolute atomic E-state index is 0.0500. The standard InChI is InChI=1S/C13H22N4O3S/c1-11(9-16-7-4-6-14-16)15-13(18)12-5-3-8-17(10-12)21(2,19)20/h4,6-7,11-12H,3,5,8-10H2,1-2H3,(H,15,18)/t11-,12-/m0/s1. The first kappa shape index (κ1) is 16.0. The number of nitrogens with one attached hydrogen (secondary N) is 1. The second kappa shape index (κ2) is 6.57. The molecule has 7 nitrogen and oxygen atoms in total. The van der Waals surface area contributed by atoms with Crippen LogP contribution in [0.3, 0.4) is 0 Å². The van der Waals surface area contributed by atoms with Crippen molar-refractivity contribution in [2.24, 2.45) is 5.92 Å². The summed E-state index contributed by atoms with van der Waals surface area (Å²) >= 11 is 0. The summed E-state index contributed by atoms with van der Waals surface area (Å²) in [6.45, 7) is 3.29. The first-order valence-corrected chi connectivity index (χ1v) is 8.94. The van der Waals surface area contributed by atoms with E-state index in [9.17, 15) is 13.2 Å². The SMILES string of the molecule is C[C@@H](Cn1cccn1)NC(=O)[C@H]1CCCN(S(C)(=O)=O)C1. The number of rotatable bonds is 5. The van der Waals surface area contributed by atoms with Gasteiger partial charge in [0.1, 0.15) is 0 Å². The molecule has 0 aliphatic carbocycles. The third-order valence-electron chi connectivity index (χ3n) is 3.63. The van der Waals surface area contributed by atoms with Crippen molar-refractivity contribution in [3.8, 4) is 0 Å². The fourth-order valence-corrected chi connectivity index (χ4v) is 3.46. The Balaban J connectivity index is 1.87. The van der Waals surface area contributed by atoms with E-state index in [-0.39, 0.29) is 24.4 Å². The quantitative estimate of drug-likeness (QED) is 0.833. The number of hydrogen-bond acceptors (Lipinski definition) is 4. The van der Waals surface area contributed by atoms with E-state index in [0.29, 0.717) is 13.1 Å². The van der Waals surface area contributed by atoms with E-state index >= 15 is 0 Å². The lowest BCUT2D eigenvalue weighted by Gasteiger charge is -2.30. The average Bonchev–Trinajstić information content (AvgIpc) is 2.90. The summed E-state index contributed by atoms with van der Waals surface area (Å²) in [5, 5.41) is 7.04. The van der Waals surface area contributed by atoms with Gasteiger partial charge in [-0.3, -0.25) is 9.48 Å². The highest BCUT2D eigenvalue weighted by atomic mass is 32.2. The molecule has 1 saturated heterocycles. The molecule has 0 aromatic carbocycles. The van der Waals surface area contributed by atoms with Gasteiger partial charge < -0.3 is 5.32 Å². The molecule has 1 fully saturated rings. The second-order valence-electron chi connectivity index (χ2n) is 5.60. The van der Waals surface area contributed by atoms with Gasteiger partial charge in [0.25, 0.3) is 0 Å². The van der Waals surface area contributed by atoms with Crippen LogP contribution in [0, 0.1) is 5.92 Å². The van der Waals surface area contributed by atoms with Crippen LogP contribution in [0.15, 0.2) is 18.5 Å². The second-order valence-corrected chi connectivity index (χ2v) is 7.58. The minimum Gasteiger partial charge on any atom is -0.352 e. The normalized spacial score (nSPS) is 21.9. The fourth-order valence-electron chi connectivity index (χ4n) is 2.55. The van der Waals surface area contributed by atoms with Gasteiger partial charge in [0, 0.05) is 31.5 Å². The molecule has 1 amide bonds. The monoisotopic (exact) mass is 314 g/mol. The van der Waals surface area contributed by atoms with E-state index in [1.54, 1.807) is 10.9 Å². The van der Waals surface area contributed by atoms with Crippen LogP contribution in [-0.2, 0) is 21.4 Å². The van der Waals surface area contributed by atoms with Gasteiger partial charge in [-0.1, -0.05) is 0 Å². The Bertz CT molecular complexity index is 570. The van der Waals surface area contributed by atoms with Crippen molar-refractivity contribution in [1.29, 1.82) is 0 Å². The molecule has 1 aromatic heterocycles. The molecule has 1 aromatic rings. The highest BCUT2D eigenvalue weighted by molar-refractivity contribution is 7.88. The summed E-state index contributed by atoms with van der Waals surface area (Å²) in [5.41, 5.74) is 0. The summed E-state index contributed by atoms with van der Waals surface area (Å²) in [7, 11) is -3.22. The number of nitrogens with zero attached hydrogens (tertiary/aromatic N) is 3. The molecule has 2 heterocycles. The third-order valence-corrected chi connectivity index (χ3v) is 4.90. The van der Waals surface area contributed by atoms with Crippen molar-refractivity contribution in [1.82, 2.24) is 19.4 Å². The van der Waals surface area contributed by atoms with E-state index in [1.165, 1.54) is 10.6 Å².